The lowest BCUT2D eigenvalue weighted by atomic mass is 10.1. The molecular weight excluding hydrogens is 326 g/mol. The van der Waals surface area contributed by atoms with Crippen molar-refractivity contribution in [3.8, 4) is 0 Å². The first-order chi connectivity index (χ1) is 12.0. The molecule has 1 aromatic heterocycles. The van der Waals surface area contributed by atoms with Gasteiger partial charge in [-0.2, -0.15) is 0 Å². The molecule has 0 aliphatic rings. The van der Waals surface area contributed by atoms with E-state index in [1.807, 2.05) is 12.1 Å². The van der Waals surface area contributed by atoms with E-state index < -0.39 is 16.7 Å². The molecule has 1 heterocycles. The number of rotatable bonds is 3. The fraction of sp³-hybridized carbons (Fsp3) is 0. The lowest BCUT2D eigenvalue weighted by Gasteiger charge is -2.07. The molecule has 3 aromatic rings. The van der Waals surface area contributed by atoms with Crippen LogP contribution in [-0.4, -0.2) is 21.7 Å². The predicted molar refractivity (Wildman–Crippen MR) is 90.7 cm³/mol. The molecule has 0 aliphatic carbocycles. The molecule has 0 saturated heterocycles. The lowest BCUT2D eigenvalue weighted by Crippen LogP contribution is -2.41. The number of aromatic nitrogens is 1. The molecule has 0 spiro atoms. The maximum absolute atomic E-state index is 12.2. The number of amides is 2. The normalized spacial score (nSPS) is 10.4. The Bertz CT molecular complexity index is 995. The maximum Gasteiger partial charge on any atom is 0.292 e. The third kappa shape index (κ3) is 3.11. The van der Waals surface area contributed by atoms with Crippen molar-refractivity contribution in [2.45, 2.75) is 0 Å². The fourth-order valence-corrected chi connectivity index (χ4v) is 2.36. The quantitative estimate of drug-likeness (QED) is 0.326. The van der Waals surface area contributed by atoms with Crippen LogP contribution in [0.5, 0.6) is 0 Å². The van der Waals surface area contributed by atoms with E-state index in [2.05, 4.69) is 15.8 Å². The second-order valence-corrected chi connectivity index (χ2v) is 5.19. The number of nitro benzene ring substituents is 1. The molecular formula is C16H13N5O4. The summed E-state index contributed by atoms with van der Waals surface area (Å²) >= 11 is 0. The number of hydrogen-bond donors (Lipinski definition) is 4. The highest BCUT2D eigenvalue weighted by molar-refractivity contribution is 6.07. The van der Waals surface area contributed by atoms with Gasteiger partial charge >= 0.3 is 0 Å². The average Bonchev–Trinajstić information content (AvgIpc) is 3.03. The Balaban J connectivity index is 1.73. The van der Waals surface area contributed by atoms with Gasteiger partial charge in [-0.1, -0.05) is 18.2 Å². The van der Waals surface area contributed by atoms with Crippen LogP contribution < -0.4 is 16.6 Å². The van der Waals surface area contributed by atoms with Gasteiger partial charge in [0.25, 0.3) is 17.5 Å². The Morgan fingerprint density at radius 1 is 1.08 bits per heavy atom. The van der Waals surface area contributed by atoms with Gasteiger partial charge < -0.3 is 10.7 Å². The second-order valence-electron chi connectivity index (χ2n) is 5.19. The van der Waals surface area contributed by atoms with Crippen LogP contribution in [0.1, 0.15) is 20.7 Å². The third-order valence-electron chi connectivity index (χ3n) is 3.61. The summed E-state index contributed by atoms with van der Waals surface area (Å²) < 4.78 is 0. The molecule has 9 nitrogen and oxygen atoms in total. The van der Waals surface area contributed by atoms with E-state index in [1.54, 1.807) is 12.1 Å². The van der Waals surface area contributed by atoms with Crippen molar-refractivity contribution in [2.75, 3.05) is 5.73 Å². The highest BCUT2D eigenvalue weighted by Crippen LogP contribution is 2.22. The zero-order chi connectivity index (χ0) is 18.0. The van der Waals surface area contributed by atoms with Gasteiger partial charge in [-0.25, -0.2) is 0 Å². The first-order valence-corrected chi connectivity index (χ1v) is 7.18. The predicted octanol–water partition coefficient (Wildman–Crippen LogP) is 1.73. The molecule has 126 valence electrons. The van der Waals surface area contributed by atoms with Gasteiger partial charge in [-0.15, -0.1) is 0 Å². The number of hydrazine groups is 1. The molecule has 0 atom stereocenters. The van der Waals surface area contributed by atoms with Crippen LogP contribution in [0.4, 0.5) is 11.4 Å². The standard InChI is InChI=1S/C16H13N5O4/c17-12-6-5-9(7-14(12)21(24)25)15(22)19-20-16(23)11-8-18-13-4-2-1-3-10(11)13/h1-8,18H,17H2,(H,19,22)(H,20,23). The van der Waals surface area contributed by atoms with Gasteiger partial charge in [0.05, 0.1) is 10.5 Å². The van der Waals surface area contributed by atoms with Crippen LogP contribution >= 0.6 is 0 Å². The zero-order valence-corrected chi connectivity index (χ0v) is 12.8. The molecule has 0 fully saturated rings. The van der Waals surface area contributed by atoms with Crippen molar-refractivity contribution in [2.24, 2.45) is 0 Å². The van der Waals surface area contributed by atoms with Gasteiger partial charge in [0.2, 0.25) is 0 Å². The maximum atomic E-state index is 12.2. The van der Waals surface area contributed by atoms with E-state index in [1.165, 1.54) is 18.3 Å². The number of nitrogens with zero attached hydrogens (tertiary/aromatic N) is 1. The van der Waals surface area contributed by atoms with Gasteiger partial charge in [-0.05, 0) is 18.2 Å². The third-order valence-corrected chi connectivity index (χ3v) is 3.61. The van der Waals surface area contributed by atoms with Crippen molar-refractivity contribution in [1.29, 1.82) is 0 Å². The molecule has 0 bridgehead atoms. The number of nitrogens with one attached hydrogen (secondary N) is 3. The molecule has 5 N–H and O–H groups in total. The number of nitro groups is 1. The van der Waals surface area contributed by atoms with E-state index in [-0.39, 0.29) is 16.9 Å². The van der Waals surface area contributed by atoms with Crippen LogP contribution in [0.3, 0.4) is 0 Å². The molecule has 0 radical (unpaired) electrons. The Morgan fingerprint density at radius 2 is 1.80 bits per heavy atom. The van der Waals surface area contributed by atoms with Gasteiger partial charge in [0.1, 0.15) is 5.69 Å². The summed E-state index contributed by atoms with van der Waals surface area (Å²) in [6.07, 6.45) is 1.53. The van der Waals surface area contributed by atoms with Gasteiger partial charge in [-0.3, -0.25) is 30.6 Å². The number of nitrogens with two attached hydrogens (primary N) is 1. The summed E-state index contributed by atoms with van der Waals surface area (Å²) in [6, 6.07) is 10.8. The smallest absolute Gasteiger partial charge is 0.292 e. The highest BCUT2D eigenvalue weighted by atomic mass is 16.6. The zero-order valence-electron chi connectivity index (χ0n) is 12.8. The minimum atomic E-state index is -0.698. The van der Waals surface area contributed by atoms with Crippen LogP contribution in [0.2, 0.25) is 0 Å². The fourth-order valence-electron chi connectivity index (χ4n) is 2.36. The monoisotopic (exact) mass is 339 g/mol. The van der Waals surface area contributed by atoms with Crippen molar-refractivity contribution in [3.63, 3.8) is 0 Å². The Labute approximate surface area is 140 Å². The summed E-state index contributed by atoms with van der Waals surface area (Å²) in [5.41, 5.74) is 10.7. The van der Waals surface area contributed by atoms with Crippen LogP contribution in [0, 0.1) is 10.1 Å². The molecule has 25 heavy (non-hydrogen) atoms. The van der Waals surface area contributed by atoms with Crippen molar-refractivity contribution in [3.05, 3.63) is 69.9 Å². The van der Waals surface area contributed by atoms with Crippen molar-refractivity contribution >= 4 is 34.1 Å². The second kappa shape index (κ2) is 6.32. The molecule has 9 heteroatoms. The number of aromatic amines is 1. The summed E-state index contributed by atoms with van der Waals surface area (Å²) in [7, 11) is 0. The largest absolute Gasteiger partial charge is 0.393 e. The Hall–Kier alpha value is -3.88. The van der Waals surface area contributed by atoms with Crippen molar-refractivity contribution in [1.82, 2.24) is 15.8 Å². The van der Waals surface area contributed by atoms with Gasteiger partial charge in [0, 0.05) is 28.7 Å². The van der Waals surface area contributed by atoms with E-state index in [0.717, 1.165) is 11.6 Å². The number of carbonyl (C=O) groups excluding carboxylic acids is 2. The van der Waals surface area contributed by atoms with Crippen molar-refractivity contribution < 1.29 is 14.5 Å². The van der Waals surface area contributed by atoms with E-state index in [9.17, 15) is 19.7 Å². The molecule has 0 aliphatic heterocycles. The molecule has 0 unspecified atom stereocenters. The molecule has 0 saturated carbocycles. The minimum absolute atomic E-state index is 0.000117. The molecule has 2 aromatic carbocycles. The Kier molecular flexibility index (Phi) is 4.04. The van der Waals surface area contributed by atoms with E-state index in [4.69, 9.17) is 5.73 Å². The number of H-pyrrole nitrogens is 1. The van der Waals surface area contributed by atoms with E-state index in [0.29, 0.717) is 10.9 Å². The molecule has 2 amide bonds. The van der Waals surface area contributed by atoms with Crippen LogP contribution in [-0.2, 0) is 0 Å². The summed E-state index contributed by atoms with van der Waals surface area (Å²) in [4.78, 5) is 37.4. The molecule has 3 rings (SSSR count). The van der Waals surface area contributed by atoms with Crippen LogP contribution in [0.15, 0.2) is 48.7 Å². The number of para-hydroxylation sites is 1. The highest BCUT2D eigenvalue weighted by Gasteiger charge is 2.17. The number of hydrogen-bond acceptors (Lipinski definition) is 5. The minimum Gasteiger partial charge on any atom is -0.393 e. The summed E-state index contributed by atoms with van der Waals surface area (Å²) in [6.45, 7) is 0. The van der Waals surface area contributed by atoms with Gasteiger partial charge in [0.15, 0.2) is 0 Å². The van der Waals surface area contributed by atoms with Crippen LogP contribution in [0.25, 0.3) is 10.9 Å². The first kappa shape index (κ1) is 16.0. The topological polar surface area (TPSA) is 143 Å². The lowest BCUT2D eigenvalue weighted by molar-refractivity contribution is -0.383. The van der Waals surface area contributed by atoms with E-state index >= 15 is 0 Å². The Morgan fingerprint density at radius 3 is 2.56 bits per heavy atom. The summed E-state index contributed by atoms with van der Waals surface area (Å²) in [5, 5.41) is 11.6. The number of fused-ring (bicyclic) bond motifs is 1. The first-order valence-electron chi connectivity index (χ1n) is 7.18. The number of nitrogen functional groups attached to an aromatic ring is 1. The summed E-state index contributed by atoms with van der Waals surface area (Å²) in [5.74, 6) is -1.22. The number of carbonyl (C=O) groups is 2. The average molecular weight is 339 g/mol. The SMILES string of the molecule is Nc1ccc(C(=O)NNC(=O)c2c[nH]c3ccccc23)cc1[N+](=O)[O-]. The number of anilines is 1. The number of benzene rings is 2.